The normalized spacial score (nSPS) is 18.0. The molecule has 2 aliphatic rings. The number of imidazole rings is 1. The van der Waals surface area contributed by atoms with E-state index in [-0.39, 0.29) is 11.7 Å². The van der Waals surface area contributed by atoms with Gasteiger partial charge in [-0.25, -0.2) is 9.78 Å². The minimum Gasteiger partial charge on any atom is -0.322 e. The average molecular weight is 442 g/mol. The number of nitrogens with one attached hydrogen (secondary N) is 2. The molecule has 2 fully saturated rings. The number of amides is 4. The summed E-state index contributed by atoms with van der Waals surface area (Å²) in [6.07, 6.45) is 7.64. The second-order valence-corrected chi connectivity index (χ2v) is 9.27. The van der Waals surface area contributed by atoms with E-state index in [2.05, 4.69) is 35.6 Å². The predicted octanol–water partition coefficient (Wildman–Crippen LogP) is 3.37. The summed E-state index contributed by atoms with van der Waals surface area (Å²) in [5.74, 6) is -0.409. The Morgan fingerprint density at radius 3 is 2.71 bits per heavy atom. The van der Waals surface area contributed by atoms with E-state index in [9.17, 15) is 14.4 Å². The van der Waals surface area contributed by atoms with E-state index in [0.29, 0.717) is 23.9 Å². The van der Waals surface area contributed by atoms with Crippen LogP contribution in [-0.4, -0.2) is 43.7 Å². The first-order chi connectivity index (χ1) is 14.9. The molecule has 2 N–H and O–H groups in total. The molecule has 4 rings (SSSR count). The van der Waals surface area contributed by atoms with Crippen LogP contribution >= 0.6 is 11.8 Å². The van der Waals surface area contributed by atoms with Crippen molar-refractivity contribution in [3.63, 3.8) is 0 Å². The van der Waals surface area contributed by atoms with Crippen LogP contribution in [0, 0.1) is 0 Å². The van der Waals surface area contributed by atoms with Gasteiger partial charge in [-0.05, 0) is 30.4 Å². The van der Waals surface area contributed by atoms with Crippen LogP contribution in [0.15, 0.2) is 41.8 Å². The fourth-order valence-corrected chi connectivity index (χ4v) is 5.04. The predicted molar refractivity (Wildman–Crippen MR) is 118 cm³/mol. The highest BCUT2D eigenvalue weighted by Gasteiger charge is 2.52. The topological polar surface area (TPSA) is 96.3 Å². The van der Waals surface area contributed by atoms with Crippen molar-refractivity contribution < 1.29 is 14.4 Å². The maximum atomic E-state index is 12.8. The average Bonchev–Trinajstić information content (AvgIpc) is 3.32. The van der Waals surface area contributed by atoms with Gasteiger partial charge in [-0.15, -0.1) is 0 Å². The van der Waals surface area contributed by atoms with Gasteiger partial charge in [-0.2, -0.15) is 5.01 Å². The van der Waals surface area contributed by atoms with Gasteiger partial charge in [0.15, 0.2) is 5.16 Å². The smallest absolute Gasteiger partial charge is 0.322 e. The van der Waals surface area contributed by atoms with Crippen molar-refractivity contribution in [2.75, 3.05) is 5.75 Å². The summed E-state index contributed by atoms with van der Waals surface area (Å²) in [6, 6.07) is 7.53. The van der Waals surface area contributed by atoms with Gasteiger partial charge < -0.3 is 5.32 Å². The Kier molecular flexibility index (Phi) is 6.04. The molecule has 1 aromatic carbocycles. The molecule has 1 aliphatic heterocycles. The lowest BCUT2D eigenvalue weighted by atomic mass is 9.82. The number of carbonyl (C=O) groups excluding carboxylic acids is 3. The Morgan fingerprint density at radius 2 is 1.97 bits per heavy atom. The number of hydrazine groups is 1. The van der Waals surface area contributed by atoms with Gasteiger partial charge in [-0.1, -0.05) is 63.1 Å². The molecule has 0 radical (unpaired) electrons. The van der Waals surface area contributed by atoms with E-state index in [0.717, 1.165) is 30.0 Å². The van der Waals surface area contributed by atoms with Crippen molar-refractivity contribution in [1.82, 2.24) is 25.3 Å². The van der Waals surface area contributed by atoms with Crippen molar-refractivity contribution in [3.8, 4) is 5.69 Å². The minimum atomic E-state index is -0.855. The number of para-hydroxylation sites is 1. The van der Waals surface area contributed by atoms with Gasteiger partial charge in [0.05, 0.1) is 11.4 Å². The van der Waals surface area contributed by atoms with Gasteiger partial charge in [-0.3, -0.25) is 19.6 Å². The van der Waals surface area contributed by atoms with Crippen LogP contribution < -0.4 is 10.7 Å². The third kappa shape index (κ3) is 4.19. The van der Waals surface area contributed by atoms with Crippen LogP contribution in [0.25, 0.3) is 5.69 Å². The van der Waals surface area contributed by atoms with Gasteiger partial charge in [0.2, 0.25) is 5.91 Å². The number of aromatic nitrogens is 2. The molecule has 2 aromatic rings. The van der Waals surface area contributed by atoms with E-state index in [4.69, 9.17) is 0 Å². The summed E-state index contributed by atoms with van der Waals surface area (Å²) in [7, 11) is 0. The highest BCUT2D eigenvalue weighted by atomic mass is 32.2. The quantitative estimate of drug-likeness (QED) is 0.529. The summed E-state index contributed by atoms with van der Waals surface area (Å²) in [4.78, 5) is 42.0. The molecule has 1 aliphatic carbocycles. The molecule has 31 heavy (non-hydrogen) atoms. The van der Waals surface area contributed by atoms with Crippen LogP contribution in [0.1, 0.15) is 57.4 Å². The highest BCUT2D eigenvalue weighted by Crippen LogP contribution is 2.33. The van der Waals surface area contributed by atoms with Gasteiger partial charge in [0, 0.05) is 12.4 Å². The Labute approximate surface area is 185 Å². The highest BCUT2D eigenvalue weighted by molar-refractivity contribution is 7.99. The Morgan fingerprint density at radius 1 is 1.23 bits per heavy atom. The van der Waals surface area contributed by atoms with E-state index in [1.165, 1.54) is 17.3 Å². The first-order valence-electron chi connectivity index (χ1n) is 10.6. The van der Waals surface area contributed by atoms with Crippen LogP contribution in [0.5, 0.6) is 0 Å². The fraction of sp³-hybridized carbons (Fsp3) is 0.455. The van der Waals surface area contributed by atoms with Crippen molar-refractivity contribution in [3.05, 3.63) is 42.2 Å². The number of thioether (sulfide) groups is 1. The monoisotopic (exact) mass is 441 g/mol. The lowest BCUT2D eigenvalue weighted by molar-refractivity contribution is -0.139. The molecule has 0 atom stereocenters. The first-order valence-corrected chi connectivity index (χ1v) is 11.6. The van der Waals surface area contributed by atoms with E-state index in [1.54, 1.807) is 6.20 Å². The van der Waals surface area contributed by atoms with Crippen molar-refractivity contribution in [2.45, 2.75) is 62.6 Å². The van der Waals surface area contributed by atoms with E-state index < -0.39 is 17.5 Å². The summed E-state index contributed by atoms with van der Waals surface area (Å²) >= 11 is 1.26. The summed E-state index contributed by atoms with van der Waals surface area (Å²) in [5.41, 5.74) is 3.83. The van der Waals surface area contributed by atoms with Crippen molar-refractivity contribution in [2.24, 2.45) is 0 Å². The molecule has 1 saturated carbocycles. The number of nitrogens with zero attached hydrogens (tertiary/aromatic N) is 3. The third-order valence-electron chi connectivity index (χ3n) is 5.86. The summed E-state index contributed by atoms with van der Waals surface area (Å²) < 4.78 is 1.96. The Bertz CT molecular complexity index is 997. The van der Waals surface area contributed by atoms with Crippen LogP contribution in [0.4, 0.5) is 4.79 Å². The molecule has 1 aromatic heterocycles. The zero-order valence-corrected chi connectivity index (χ0v) is 18.6. The fourth-order valence-electron chi connectivity index (χ4n) is 4.28. The summed E-state index contributed by atoms with van der Waals surface area (Å²) in [5, 5.41) is 4.30. The molecule has 0 bridgehead atoms. The zero-order chi connectivity index (χ0) is 22.0. The molecule has 164 valence electrons. The third-order valence-corrected chi connectivity index (χ3v) is 6.83. The maximum Gasteiger partial charge on any atom is 0.344 e. The van der Waals surface area contributed by atoms with Crippen LogP contribution in [-0.2, 0) is 9.59 Å². The molecule has 0 unspecified atom stereocenters. The molecule has 1 spiro atoms. The first kappa shape index (κ1) is 21.4. The molecule has 4 amide bonds. The second-order valence-electron chi connectivity index (χ2n) is 8.33. The number of hydrogen-bond acceptors (Lipinski definition) is 5. The number of rotatable bonds is 6. The van der Waals surface area contributed by atoms with Crippen LogP contribution in [0.3, 0.4) is 0 Å². The standard InChI is InChI=1S/C22H27N5O3S/c1-15(2)16-8-4-5-9-17(16)26-13-12-23-21(26)31-14-18(28)25-27-19(29)22(24-20(27)30)10-6-3-7-11-22/h4-5,8-9,12-13,15H,3,6-7,10-11,14H2,1-2H3,(H,24,30)(H,25,28). The van der Waals surface area contributed by atoms with Gasteiger partial charge in [0.1, 0.15) is 5.54 Å². The van der Waals surface area contributed by atoms with E-state index >= 15 is 0 Å². The number of imide groups is 1. The van der Waals surface area contributed by atoms with Crippen molar-refractivity contribution >= 4 is 29.6 Å². The molecule has 1 saturated heterocycles. The molecular formula is C22H27N5O3S. The van der Waals surface area contributed by atoms with Crippen LogP contribution in [0.2, 0.25) is 0 Å². The number of carbonyl (C=O) groups is 3. The molecule has 9 heteroatoms. The largest absolute Gasteiger partial charge is 0.344 e. The molecular weight excluding hydrogens is 414 g/mol. The van der Waals surface area contributed by atoms with Gasteiger partial charge >= 0.3 is 6.03 Å². The number of urea groups is 1. The molecule has 8 nitrogen and oxygen atoms in total. The Balaban J connectivity index is 1.41. The molecule has 2 heterocycles. The van der Waals surface area contributed by atoms with Gasteiger partial charge in [0.25, 0.3) is 5.91 Å². The lowest BCUT2D eigenvalue weighted by Gasteiger charge is -2.30. The number of hydrogen-bond donors (Lipinski definition) is 2. The lowest BCUT2D eigenvalue weighted by Crippen LogP contribution is -2.51. The Hall–Kier alpha value is -2.81. The summed E-state index contributed by atoms with van der Waals surface area (Å²) in [6.45, 7) is 4.26. The number of benzene rings is 1. The van der Waals surface area contributed by atoms with E-state index in [1.807, 2.05) is 29.0 Å². The zero-order valence-electron chi connectivity index (χ0n) is 17.8. The maximum absolute atomic E-state index is 12.8. The minimum absolute atomic E-state index is 0.0327. The van der Waals surface area contributed by atoms with Crippen molar-refractivity contribution in [1.29, 1.82) is 0 Å². The SMILES string of the molecule is CC(C)c1ccccc1-n1ccnc1SCC(=O)NN1C(=O)NC2(CCCCC2)C1=O. The second kappa shape index (κ2) is 8.74.